The fourth-order valence-corrected chi connectivity index (χ4v) is 4.83. The molecule has 6 nitrogen and oxygen atoms in total. The number of benzene rings is 2. The van der Waals surface area contributed by atoms with Gasteiger partial charge >= 0.3 is 0 Å². The van der Waals surface area contributed by atoms with Gasteiger partial charge in [0.15, 0.2) is 0 Å². The molecule has 1 atom stereocenters. The SMILES string of the molecule is O=C(NC1CCCCC1)[C@@H]1Cc2nc[nH]c2CN1C(=O)c1ccc(-c2ccccc2)cc1. The zero-order chi connectivity index (χ0) is 21.9. The molecular weight excluding hydrogens is 400 g/mol. The Kier molecular flexibility index (Phi) is 5.75. The van der Waals surface area contributed by atoms with E-state index in [1.54, 1.807) is 11.2 Å². The van der Waals surface area contributed by atoms with Crippen molar-refractivity contribution in [1.82, 2.24) is 20.2 Å². The van der Waals surface area contributed by atoms with Crippen molar-refractivity contribution in [2.45, 2.75) is 57.2 Å². The van der Waals surface area contributed by atoms with E-state index in [1.807, 2.05) is 54.6 Å². The molecule has 32 heavy (non-hydrogen) atoms. The average molecular weight is 429 g/mol. The van der Waals surface area contributed by atoms with Gasteiger partial charge in [0, 0.05) is 18.0 Å². The lowest BCUT2D eigenvalue weighted by molar-refractivity contribution is -0.127. The summed E-state index contributed by atoms with van der Waals surface area (Å²) in [4.78, 5) is 35.9. The first-order valence-corrected chi connectivity index (χ1v) is 11.5. The molecule has 3 aromatic rings. The minimum Gasteiger partial charge on any atom is -0.352 e. The molecule has 2 amide bonds. The summed E-state index contributed by atoms with van der Waals surface area (Å²) in [5.41, 5.74) is 4.53. The summed E-state index contributed by atoms with van der Waals surface area (Å²) in [7, 11) is 0. The van der Waals surface area contributed by atoms with Crippen molar-refractivity contribution < 1.29 is 9.59 Å². The van der Waals surface area contributed by atoms with Crippen LogP contribution in [0, 0.1) is 0 Å². The standard InChI is InChI=1S/C26H28N4O2/c31-25(29-21-9-5-2-6-10-21)24-15-22-23(28-17-27-22)16-30(24)26(32)20-13-11-19(12-14-20)18-7-3-1-4-8-18/h1,3-4,7-8,11-14,17,21,24H,2,5-6,9-10,15-16H2,(H,27,28)(H,29,31)/t24-/m0/s1. The molecule has 5 rings (SSSR count). The third kappa shape index (κ3) is 4.17. The van der Waals surface area contributed by atoms with Crippen LogP contribution in [0.1, 0.15) is 53.8 Å². The summed E-state index contributed by atoms with van der Waals surface area (Å²) in [6.45, 7) is 0.358. The normalized spacial score (nSPS) is 18.8. The molecule has 1 aromatic heterocycles. The van der Waals surface area contributed by atoms with E-state index in [9.17, 15) is 9.59 Å². The summed E-state index contributed by atoms with van der Waals surface area (Å²) in [6, 6.07) is 17.4. The molecule has 164 valence electrons. The Bertz CT molecular complexity index is 1080. The van der Waals surface area contributed by atoms with Gasteiger partial charge in [-0.3, -0.25) is 9.59 Å². The Morgan fingerprint density at radius 1 is 0.938 bits per heavy atom. The third-order valence-electron chi connectivity index (χ3n) is 6.65. The lowest BCUT2D eigenvalue weighted by atomic mass is 9.94. The molecule has 1 saturated carbocycles. The van der Waals surface area contributed by atoms with Gasteiger partial charge in [0.2, 0.25) is 5.91 Å². The summed E-state index contributed by atoms with van der Waals surface area (Å²) in [5.74, 6) is -0.200. The van der Waals surface area contributed by atoms with Gasteiger partial charge in [-0.25, -0.2) is 4.98 Å². The predicted molar refractivity (Wildman–Crippen MR) is 123 cm³/mol. The van der Waals surface area contributed by atoms with Crippen LogP contribution in [0.4, 0.5) is 0 Å². The number of rotatable bonds is 4. The van der Waals surface area contributed by atoms with Crippen LogP contribution in [-0.4, -0.2) is 38.8 Å². The first-order valence-electron chi connectivity index (χ1n) is 11.5. The van der Waals surface area contributed by atoms with E-state index in [1.165, 1.54) is 6.42 Å². The van der Waals surface area contributed by atoms with Gasteiger partial charge in [0.1, 0.15) is 6.04 Å². The lowest BCUT2D eigenvalue weighted by Crippen LogP contribution is -2.54. The van der Waals surface area contributed by atoms with Crippen molar-refractivity contribution >= 4 is 11.8 Å². The van der Waals surface area contributed by atoms with Crippen LogP contribution in [0.15, 0.2) is 60.9 Å². The molecule has 2 aliphatic rings. The van der Waals surface area contributed by atoms with Crippen molar-refractivity contribution in [3.63, 3.8) is 0 Å². The molecule has 2 N–H and O–H groups in total. The van der Waals surface area contributed by atoms with Crippen molar-refractivity contribution in [2.75, 3.05) is 0 Å². The van der Waals surface area contributed by atoms with E-state index in [0.717, 1.165) is 48.2 Å². The molecule has 0 radical (unpaired) electrons. The second-order valence-electron chi connectivity index (χ2n) is 8.77. The molecule has 0 bridgehead atoms. The minimum absolute atomic E-state index is 0.0696. The molecule has 1 fully saturated rings. The van der Waals surface area contributed by atoms with Crippen LogP contribution in [0.2, 0.25) is 0 Å². The van der Waals surface area contributed by atoms with E-state index < -0.39 is 6.04 Å². The molecule has 0 unspecified atom stereocenters. The highest BCUT2D eigenvalue weighted by atomic mass is 16.2. The second kappa shape index (κ2) is 8.99. The smallest absolute Gasteiger partial charge is 0.254 e. The number of nitrogens with zero attached hydrogens (tertiary/aromatic N) is 2. The van der Waals surface area contributed by atoms with Crippen molar-refractivity contribution in [1.29, 1.82) is 0 Å². The molecule has 0 spiro atoms. The van der Waals surface area contributed by atoms with Gasteiger partial charge in [-0.1, -0.05) is 61.7 Å². The van der Waals surface area contributed by atoms with E-state index >= 15 is 0 Å². The predicted octanol–water partition coefficient (Wildman–Crippen LogP) is 4.09. The number of H-pyrrole nitrogens is 1. The first-order chi connectivity index (χ1) is 15.7. The molecule has 2 heterocycles. The zero-order valence-corrected chi connectivity index (χ0v) is 18.1. The van der Waals surface area contributed by atoms with E-state index in [2.05, 4.69) is 15.3 Å². The van der Waals surface area contributed by atoms with Crippen molar-refractivity contribution in [3.05, 3.63) is 77.9 Å². The number of hydrogen-bond donors (Lipinski definition) is 2. The lowest BCUT2D eigenvalue weighted by Gasteiger charge is -2.35. The number of carbonyl (C=O) groups excluding carboxylic acids is 2. The topological polar surface area (TPSA) is 78.1 Å². The fraction of sp³-hybridized carbons (Fsp3) is 0.346. The van der Waals surface area contributed by atoms with Crippen LogP contribution in [0.5, 0.6) is 0 Å². The van der Waals surface area contributed by atoms with Crippen LogP contribution in [0.25, 0.3) is 11.1 Å². The third-order valence-corrected chi connectivity index (χ3v) is 6.65. The molecule has 1 aliphatic heterocycles. The molecule has 1 aliphatic carbocycles. The highest BCUT2D eigenvalue weighted by Gasteiger charge is 2.37. The monoisotopic (exact) mass is 428 g/mol. The maximum atomic E-state index is 13.5. The van der Waals surface area contributed by atoms with Gasteiger partial charge in [-0.2, -0.15) is 0 Å². The van der Waals surface area contributed by atoms with E-state index in [0.29, 0.717) is 18.5 Å². The highest BCUT2D eigenvalue weighted by molar-refractivity contribution is 5.98. The van der Waals surface area contributed by atoms with Gasteiger partial charge in [0.05, 0.1) is 24.3 Å². The number of imidazole rings is 1. The molecule has 0 saturated heterocycles. The quantitative estimate of drug-likeness (QED) is 0.657. The number of carbonyl (C=O) groups is 2. The summed E-state index contributed by atoms with van der Waals surface area (Å²) < 4.78 is 0. The summed E-state index contributed by atoms with van der Waals surface area (Å²) >= 11 is 0. The van der Waals surface area contributed by atoms with Crippen LogP contribution in [-0.2, 0) is 17.8 Å². The fourth-order valence-electron chi connectivity index (χ4n) is 4.83. The number of amides is 2. The van der Waals surface area contributed by atoms with Gasteiger partial charge in [0.25, 0.3) is 5.91 Å². The maximum absolute atomic E-state index is 13.5. The number of hydrogen-bond acceptors (Lipinski definition) is 3. The Balaban J connectivity index is 1.37. The summed E-state index contributed by atoms with van der Waals surface area (Å²) in [6.07, 6.45) is 7.64. The molecular formula is C26H28N4O2. The van der Waals surface area contributed by atoms with Gasteiger partial charge in [-0.05, 0) is 36.1 Å². The van der Waals surface area contributed by atoms with E-state index in [4.69, 9.17) is 0 Å². The van der Waals surface area contributed by atoms with Crippen LogP contribution < -0.4 is 5.32 Å². The molecule has 6 heteroatoms. The first kappa shape index (κ1) is 20.5. The Hall–Kier alpha value is -3.41. The Morgan fingerprint density at radius 2 is 1.66 bits per heavy atom. The van der Waals surface area contributed by atoms with Gasteiger partial charge in [-0.15, -0.1) is 0 Å². The number of fused-ring (bicyclic) bond motifs is 1. The maximum Gasteiger partial charge on any atom is 0.254 e. The highest BCUT2D eigenvalue weighted by Crippen LogP contribution is 2.26. The average Bonchev–Trinajstić information content (AvgIpc) is 3.32. The number of aromatic nitrogens is 2. The van der Waals surface area contributed by atoms with E-state index in [-0.39, 0.29) is 17.9 Å². The zero-order valence-electron chi connectivity index (χ0n) is 18.1. The Morgan fingerprint density at radius 3 is 2.41 bits per heavy atom. The second-order valence-corrected chi connectivity index (χ2v) is 8.77. The minimum atomic E-state index is -0.547. The Labute approximate surface area is 188 Å². The summed E-state index contributed by atoms with van der Waals surface area (Å²) in [5, 5.41) is 3.21. The van der Waals surface area contributed by atoms with Crippen LogP contribution >= 0.6 is 0 Å². The van der Waals surface area contributed by atoms with Crippen molar-refractivity contribution in [2.24, 2.45) is 0 Å². The van der Waals surface area contributed by atoms with Crippen LogP contribution in [0.3, 0.4) is 0 Å². The molecule has 2 aromatic carbocycles. The number of nitrogens with one attached hydrogen (secondary N) is 2. The van der Waals surface area contributed by atoms with Gasteiger partial charge < -0.3 is 15.2 Å². The largest absolute Gasteiger partial charge is 0.352 e. The number of aromatic amines is 1. The van der Waals surface area contributed by atoms with Crippen molar-refractivity contribution in [3.8, 4) is 11.1 Å².